The zero-order valence-corrected chi connectivity index (χ0v) is 24.0. The predicted octanol–water partition coefficient (Wildman–Crippen LogP) is 3.68. The molecule has 2 aliphatic rings. The van der Waals surface area contributed by atoms with Crippen LogP contribution >= 0.6 is 0 Å². The fourth-order valence-corrected chi connectivity index (χ4v) is 5.74. The molecule has 0 radical (unpaired) electrons. The van der Waals surface area contributed by atoms with Crippen molar-refractivity contribution in [3.63, 3.8) is 0 Å². The Bertz CT molecular complexity index is 1310. The summed E-state index contributed by atoms with van der Waals surface area (Å²) in [6, 6.07) is 16.2. The minimum absolute atomic E-state index is 0.0256. The van der Waals surface area contributed by atoms with Crippen molar-refractivity contribution in [3.05, 3.63) is 71.5 Å². The van der Waals surface area contributed by atoms with Gasteiger partial charge >= 0.3 is 6.09 Å². The molecule has 0 saturated heterocycles. The van der Waals surface area contributed by atoms with Gasteiger partial charge in [-0.05, 0) is 35.6 Å². The van der Waals surface area contributed by atoms with E-state index in [1.807, 2.05) is 44.3 Å². The monoisotopic (exact) mass is 561 g/mol. The Balaban J connectivity index is 1.28. The van der Waals surface area contributed by atoms with E-state index in [1.165, 1.54) is 16.0 Å². The maximum Gasteiger partial charge on any atom is 0.409 e. The van der Waals surface area contributed by atoms with E-state index < -0.39 is 12.2 Å². The maximum atomic E-state index is 13.2. The van der Waals surface area contributed by atoms with Gasteiger partial charge in [0, 0.05) is 38.4 Å². The zero-order chi connectivity index (χ0) is 28.9. The molecule has 0 spiro atoms. The third kappa shape index (κ3) is 6.44. The Morgan fingerprint density at radius 2 is 1.85 bits per heavy atom. The van der Waals surface area contributed by atoms with Crippen LogP contribution < -0.4 is 0 Å². The van der Waals surface area contributed by atoms with Gasteiger partial charge in [-0.25, -0.2) is 4.79 Å². The average Bonchev–Trinajstić information content (AvgIpc) is 3.57. The molecule has 0 fully saturated rings. The van der Waals surface area contributed by atoms with E-state index in [9.17, 15) is 14.7 Å². The highest BCUT2D eigenvalue weighted by atomic mass is 16.6. The lowest BCUT2D eigenvalue weighted by Crippen LogP contribution is -2.47. The lowest BCUT2D eigenvalue weighted by molar-refractivity contribution is -0.136. The van der Waals surface area contributed by atoms with Gasteiger partial charge in [0.15, 0.2) is 0 Å². The number of benzene rings is 2. The van der Waals surface area contributed by atoms with Crippen molar-refractivity contribution in [1.82, 2.24) is 24.8 Å². The third-order valence-electron chi connectivity index (χ3n) is 8.15. The lowest BCUT2D eigenvalue weighted by Gasteiger charge is -2.35. The molecule has 10 nitrogen and oxygen atoms in total. The molecule has 2 bridgehead atoms. The van der Waals surface area contributed by atoms with Crippen molar-refractivity contribution in [2.45, 2.75) is 57.9 Å². The van der Waals surface area contributed by atoms with E-state index in [2.05, 4.69) is 34.6 Å². The summed E-state index contributed by atoms with van der Waals surface area (Å²) < 4.78 is 13.9. The molecule has 41 heavy (non-hydrogen) atoms. The first-order chi connectivity index (χ1) is 19.9. The smallest absolute Gasteiger partial charge is 0.409 e. The number of rotatable bonds is 6. The number of hydrogen-bond donors (Lipinski definition) is 1. The number of carbonyl (C=O) groups is 2. The lowest BCUT2D eigenvalue weighted by atomic mass is 9.98. The number of likely N-dealkylation sites (N-methyl/N-ethyl adjacent to an activating group) is 1. The van der Waals surface area contributed by atoms with Crippen molar-refractivity contribution in [2.24, 2.45) is 5.92 Å². The molecule has 2 amide bonds. The van der Waals surface area contributed by atoms with Crippen LogP contribution in [0.2, 0.25) is 0 Å². The molecule has 1 N–H and O–H groups in total. The Morgan fingerprint density at radius 1 is 1.17 bits per heavy atom. The van der Waals surface area contributed by atoms with Gasteiger partial charge in [-0.1, -0.05) is 60.7 Å². The third-order valence-corrected chi connectivity index (χ3v) is 8.15. The number of hydrogen-bond acceptors (Lipinski definition) is 7. The summed E-state index contributed by atoms with van der Waals surface area (Å²) in [5.74, 6) is -0.184. The van der Waals surface area contributed by atoms with E-state index in [1.54, 1.807) is 16.6 Å². The fourth-order valence-electron chi connectivity index (χ4n) is 5.74. The fraction of sp³-hybridized carbons (Fsp3) is 0.484. The SMILES string of the molecule is CC1CN(C(C)CO)C(=O)CCCn2cc(nn2)COC1CN(C)C(=O)OCC1c2ccccc2-c2ccccc21. The van der Waals surface area contributed by atoms with Crippen molar-refractivity contribution >= 4 is 12.0 Å². The van der Waals surface area contributed by atoms with E-state index >= 15 is 0 Å². The first-order valence-corrected chi connectivity index (χ1v) is 14.3. The topological polar surface area (TPSA) is 110 Å². The van der Waals surface area contributed by atoms with E-state index in [-0.39, 0.29) is 50.2 Å². The number of nitrogens with zero attached hydrogens (tertiary/aromatic N) is 5. The van der Waals surface area contributed by atoms with Gasteiger partial charge in [0.05, 0.1) is 38.1 Å². The van der Waals surface area contributed by atoms with Crippen LogP contribution in [-0.2, 0) is 27.4 Å². The van der Waals surface area contributed by atoms with Crippen molar-refractivity contribution in [3.8, 4) is 11.1 Å². The Morgan fingerprint density at radius 3 is 2.54 bits per heavy atom. The summed E-state index contributed by atoms with van der Waals surface area (Å²) >= 11 is 0. The molecule has 1 aromatic heterocycles. The van der Waals surface area contributed by atoms with Crippen molar-refractivity contribution in [1.29, 1.82) is 0 Å². The molecular formula is C31H39N5O5. The van der Waals surface area contributed by atoms with Crippen LogP contribution in [0.15, 0.2) is 54.7 Å². The largest absolute Gasteiger partial charge is 0.448 e. The normalized spacial score (nSPS) is 20.3. The van der Waals surface area contributed by atoms with Crippen molar-refractivity contribution in [2.75, 3.05) is 33.4 Å². The number of carbonyl (C=O) groups excluding carboxylic acids is 2. The van der Waals surface area contributed by atoms with Crippen LogP contribution in [0.3, 0.4) is 0 Å². The number of fused-ring (bicyclic) bond motifs is 5. The Labute approximate surface area is 240 Å². The molecular weight excluding hydrogens is 522 g/mol. The second-order valence-electron chi connectivity index (χ2n) is 11.2. The van der Waals surface area contributed by atoms with Crippen LogP contribution in [0.25, 0.3) is 11.1 Å². The molecule has 218 valence electrons. The second-order valence-corrected chi connectivity index (χ2v) is 11.2. The summed E-state index contributed by atoms with van der Waals surface area (Å²) in [5.41, 5.74) is 5.37. The number of amides is 2. The molecule has 1 aliphatic heterocycles. The van der Waals surface area contributed by atoms with Gasteiger partial charge in [0.2, 0.25) is 5.91 Å². The Hall–Kier alpha value is -3.76. The van der Waals surface area contributed by atoms with Gasteiger partial charge in [0.25, 0.3) is 0 Å². The van der Waals surface area contributed by atoms with Crippen LogP contribution in [0, 0.1) is 5.92 Å². The van der Waals surface area contributed by atoms with Crippen LogP contribution in [-0.4, -0.2) is 87.4 Å². The first kappa shape index (κ1) is 28.8. The first-order valence-electron chi connectivity index (χ1n) is 14.3. The molecule has 3 unspecified atom stereocenters. The summed E-state index contributed by atoms with van der Waals surface area (Å²) in [5, 5.41) is 18.2. The second kappa shape index (κ2) is 12.8. The van der Waals surface area contributed by atoms with Gasteiger partial charge < -0.3 is 24.4 Å². The molecule has 10 heteroatoms. The van der Waals surface area contributed by atoms with Gasteiger partial charge in [-0.3, -0.25) is 9.48 Å². The summed E-state index contributed by atoms with van der Waals surface area (Å²) in [6.07, 6.45) is 1.95. The van der Waals surface area contributed by atoms with Crippen molar-refractivity contribution < 1.29 is 24.2 Å². The van der Waals surface area contributed by atoms with E-state index in [4.69, 9.17) is 9.47 Å². The summed E-state index contributed by atoms with van der Waals surface area (Å²) in [6.45, 7) is 5.41. The highest BCUT2D eigenvalue weighted by molar-refractivity contribution is 5.79. The molecule has 0 saturated carbocycles. The highest BCUT2D eigenvalue weighted by Gasteiger charge is 2.31. The van der Waals surface area contributed by atoms with Crippen LogP contribution in [0.4, 0.5) is 4.79 Å². The van der Waals surface area contributed by atoms with Crippen LogP contribution in [0.1, 0.15) is 49.4 Å². The molecule has 1 aliphatic carbocycles. The standard InChI is InChI=1S/C31H39N5O5/c1-21-15-36(22(2)18-37)30(38)13-8-14-35-16-23(32-33-35)19-40-29(21)17-34(3)31(39)41-20-28-26-11-6-4-9-24(26)25-10-5-7-12-27(25)28/h4-7,9-12,16,21-22,28-29,37H,8,13-15,17-20H2,1-3H3. The molecule has 3 aromatic rings. The quantitative estimate of drug-likeness (QED) is 0.489. The molecule has 2 aromatic carbocycles. The molecule has 2 heterocycles. The van der Waals surface area contributed by atoms with Gasteiger partial charge in [-0.2, -0.15) is 0 Å². The predicted molar refractivity (Wildman–Crippen MR) is 153 cm³/mol. The van der Waals surface area contributed by atoms with E-state index in [0.29, 0.717) is 31.6 Å². The van der Waals surface area contributed by atoms with E-state index in [0.717, 1.165) is 11.1 Å². The minimum atomic E-state index is -0.437. The summed E-state index contributed by atoms with van der Waals surface area (Å²) in [7, 11) is 1.70. The van der Waals surface area contributed by atoms with Gasteiger partial charge in [-0.15, -0.1) is 5.10 Å². The zero-order valence-electron chi connectivity index (χ0n) is 24.0. The van der Waals surface area contributed by atoms with Crippen LogP contribution in [0.5, 0.6) is 0 Å². The number of aliphatic hydroxyl groups is 1. The number of aromatic nitrogens is 3. The molecule has 5 rings (SSSR count). The Kier molecular flexibility index (Phi) is 8.99. The number of aryl methyl sites for hydroxylation is 1. The average molecular weight is 562 g/mol. The number of ether oxygens (including phenoxy) is 2. The van der Waals surface area contributed by atoms with Gasteiger partial charge in [0.1, 0.15) is 12.3 Å². The summed E-state index contributed by atoms with van der Waals surface area (Å²) in [4.78, 5) is 29.6. The number of aliphatic hydroxyl groups excluding tert-OH is 1. The highest BCUT2D eigenvalue weighted by Crippen LogP contribution is 2.44. The maximum absolute atomic E-state index is 13.2. The minimum Gasteiger partial charge on any atom is -0.448 e. The molecule has 3 atom stereocenters.